The van der Waals surface area contributed by atoms with E-state index in [1.54, 1.807) is 6.20 Å². The lowest BCUT2D eigenvalue weighted by Crippen LogP contribution is -2.41. The number of nitrogens with zero attached hydrogens (tertiary/aromatic N) is 2. The van der Waals surface area contributed by atoms with Crippen LogP contribution in [0.3, 0.4) is 0 Å². The highest BCUT2D eigenvalue weighted by Crippen LogP contribution is 2.21. The molecule has 21 heavy (non-hydrogen) atoms. The Labute approximate surface area is 132 Å². The molecule has 6 radical (unpaired) electrons. The first-order chi connectivity index (χ1) is 9.64. The van der Waals surface area contributed by atoms with Crippen molar-refractivity contribution in [3.63, 3.8) is 0 Å². The molecule has 4 nitrogen and oxygen atoms in total. The van der Waals surface area contributed by atoms with Crippen LogP contribution in [-0.4, -0.2) is 37.7 Å². The number of hydrazone groups is 1. The Kier molecular flexibility index (Phi) is 4.31. The summed E-state index contributed by atoms with van der Waals surface area (Å²) in [5.41, 5.74) is 1.48. The van der Waals surface area contributed by atoms with Gasteiger partial charge in [-0.25, -0.2) is 13.4 Å². The highest BCUT2D eigenvalue weighted by atomic mass is 35.7. The van der Waals surface area contributed by atoms with Crippen LogP contribution in [0.2, 0.25) is 0 Å². The van der Waals surface area contributed by atoms with Gasteiger partial charge in [0, 0.05) is 29.0 Å². The summed E-state index contributed by atoms with van der Waals surface area (Å²) in [6.07, 6.45) is 4.19. The van der Waals surface area contributed by atoms with Crippen LogP contribution in [0, 0.1) is 6.92 Å². The molecule has 9 heteroatoms. The lowest BCUT2D eigenvalue weighted by molar-refractivity contribution is 0.609. The molecule has 0 fully saturated rings. The van der Waals surface area contributed by atoms with Crippen LogP contribution in [0.25, 0.3) is 0 Å². The van der Waals surface area contributed by atoms with Gasteiger partial charge in [-0.3, -0.25) is 0 Å². The van der Waals surface area contributed by atoms with Crippen molar-refractivity contribution in [2.75, 3.05) is 5.01 Å². The lowest BCUT2D eigenvalue weighted by atomic mass is 9.72. The third-order valence-corrected chi connectivity index (χ3v) is 4.68. The molecule has 0 aliphatic carbocycles. The second kappa shape index (κ2) is 5.57. The molecule has 1 aromatic carbocycles. The summed E-state index contributed by atoms with van der Waals surface area (Å²) in [5.74, 6) is 0. The van der Waals surface area contributed by atoms with E-state index in [2.05, 4.69) is 5.10 Å². The Hall–Kier alpha value is -1.14. The summed E-state index contributed by atoms with van der Waals surface area (Å²) in [5, 5.41) is 5.69. The SMILES string of the molecule is [B]c1c([B])c(N2C=CCC(C)=N2)c([B])c(S(=O)(=O)Cl)c1C. The van der Waals surface area contributed by atoms with E-state index < -0.39 is 9.05 Å². The minimum absolute atomic E-state index is 0.0719. The first-order valence-electron chi connectivity index (χ1n) is 6.06. The highest BCUT2D eigenvalue weighted by molar-refractivity contribution is 8.14. The molecule has 1 aliphatic heterocycles. The number of benzene rings is 1. The van der Waals surface area contributed by atoms with E-state index in [1.807, 2.05) is 13.0 Å². The normalized spacial score (nSPS) is 15.2. The molecular formula is C12H10B3ClN2O2S. The summed E-state index contributed by atoms with van der Waals surface area (Å²) in [7, 11) is 19.2. The summed E-state index contributed by atoms with van der Waals surface area (Å²) in [4.78, 5) is -0.238. The van der Waals surface area contributed by atoms with Crippen molar-refractivity contribution in [1.29, 1.82) is 0 Å². The lowest BCUT2D eigenvalue weighted by Gasteiger charge is -2.27. The number of hydrogen-bond donors (Lipinski definition) is 0. The highest BCUT2D eigenvalue weighted by Gasteiger charge is 2.24. The topological polar surface area (TPSA) is 49.7 Å². The first kappa shape index (κ1) is 16.2. The van der Waals surface area contributed by atoms with Gasteiger partial charge in [0.05, 0.1) is 10.6 Å². The molecule has 1 aliphatic rings. The quantitative estimate of drug-likeness (QED) is 0.541. The maximum Gasteiger partial charge on any atom is 0.261 e. The Morgan fingerprint density at radius 1 is 1.19 bits per heavy atom. The van der Waals surface area contributed by atoms with Crippen LogP contribution >= 0.6 is 10.7 Å². The summed E-state index contributed by atoms with van der Waals surface area (Å²) in [6, 6.07) is 0. The van der Waals surface area contributed by atoms with Crippen molar-refractivity contribution in [2.45, 2.75) is 25.2 Å². The molecule has 2 rings (SSSR count). The van der Waals surface area contributed by atoms with Crippen molar-refractivity contribution in [2.24, 2.45) is 5.10 Å². The monoisotopic (exact) mass is 314 g/mol. The zero-order valence-electron chi connectivity index (χ0n) is 11.6. The summed E-state index contributed by atoms with van der Waals surface area (Å²) in [6.45, 7) is 3.33. The number of hydrogen-bond acceptors (Lipinski definition) is 4. The molecule has 102 valence electrons. The van der Waals surface area contributed by atoms with E-state index in [4.69, 9.17) is 34.2 Å². The second-order valence-corrected chi connectivity index (χ2v) is 7.25. The van der Waals surface area contributed by atoms with Gasteiger partial charge >= 0.3 is 0 Å². The average molecular weight is 314 g/mol. The molecule has 0 amide bonds. The van der Waals surface area contributed by atoms with E-state index >= 15 is 0 Å². The molecular weight excluding hydrogens is 304 g/mol. The molecule has 0 atom stereocenters. The van der Waals surface area contributed by atoms with E-state index in [0.717, 1.165) is 5.71 Å². The maximum absolute atomic E-state index is 11.8. The minimum atomic E-state index is -4.07. The predicted molar refractivity (Wildman–Crippen MR) is 89.7 cm³/mol. The minimum Gasteiger partial charge on any atom is -0.243 e. The number of rotatable bonds is 2. The van der Waals surface area contributed by atoms with E-state index in [9.17, 15) is 8.42 Å². The van der Waals surface area contributed by atoms with E-state index in [1.165, 1.54) is 11.9 Å². The third kappa shape index (κ3) is 2.92. The summed E-state index contributed by atoms with van der Waals surface area (Å²) < 4.78 is 23.5. The molecule has 1 aromatic rings. The molecule has 0 spiro atoms. The van der Waals surface area contributed by atoms with Gasteiger partial charge in [0.15, 0.2) is 0 Å². The van der Waals surface area contributed by atoms with Crippen LogP contribution in [0.5, 0.6) is 0 Å². The molecule has 1 heterocycles. The fraction of sp³-hybridized carbons (Fsp3) is 0.250. The zero-order valence-corrected chi connectivity index (χ0v) is 13.2. The second-order valence-electron chi connectivity index (χ2n) is 4.75. The zero-order chi connectivity index (χ0) is 15.9. The van der Waals surface area contributed by atoms with Crippen LogP contribution in [0.15, 0.2) is 22.3 Å². The van der Waals surface area contributed by atoms with Gasteiger partial charge in [-0.15, -0.1) is 0 Å². The Morgan fingerprint density at radius 2 is 1.81 bits per heavy atom. The van der Waals surface area contributed by atoms with E-state index in [0.29, 0.717) is 6.42 Å². The predicted octanol–water partition coefficient (Wildman–Crippen LogP) is -0.596. The number of allylic oxidation sites excluding steroid dienone is 1. The van der Waals surface area contributed by atoms with Crippen LogP contribution in [0.4, 0.5) is 5.69 Å². The fourth-order valence-electron chi connectivity index (χ4n) is 2.17. The van der Waals surface area contributed by atoms with Gasteiger partial charge in [-0.05, 0) is 19.4 Å². The molecule has 0 aromatic heterocycles. The third-order valence-electron chi connectivity index (χ3n) is 3.20. The van der Waals surface area contributed by atoms with Gasteiger partial charge < -0.3 is 0 Å². The molecule has 0 N–H and O–H groups in total. The number of anilines is 1. The van der Waals surface area contributed by atoms with Gasteiger partial charge in [0.1, 0.15) is 23.5 Å². The van der Waals surface area contributed by atoms with Gasteiger partial charge in [0.25, 0.3) is 9.05 Å². The van der Waals surface area contributed by atoms with E-state index in [-0.39, 0.29) is 32.5 Å². The molecule has 0 bridgehead atoms. The number of halogens is 1. The molecule has 0 saturated heterocycles. The average Bonchev–Trinajstić information content (AvgIpc) is 2.35. The first-order valence-corrected chi connectivity index (χ1v) is 8.37. The van der Waals surface area contributed by atoms with Gasteiger partial charge in [0.2, 0.25) is 0 Å². The Morgan fingerprint density at radius 3 is 2.33 bits per heavy atom. The van der Waals surface area contributed by atoms with Crippen molar-refractivity contribution < 1.29 is 8.42 Å². The van der Waals surface area contributed by atoms with Gasteiger partial charge in [-0.1, -0.05) is 22.5 Å². The maximum atomic E-state index is 11.8. The smallest absolute Gasteiger partial charge is 0.243 e. The standard InChI is InChI=1S/C12H10B3ClN2O2S/c1-6-4-3-5-18(17-6)11-9(14)8(13)7(2)12(10(11)15)21(16,19)20/h3,5H,4H2,1-2H3. The Balaban J connectivity index is 2.82. The van der Waals surface area contributed by atoms with Crippen molar-refractivity contribution in [3.8, 4) is 0 Å². The van der Waals surface area contributed by atoms with Crippen molar-refractivity contribution in [1.82, 2.24) is 0 Å². The summed E-state index contributed by atoms with van der Waals surface area (Å²) >= 11 is 0. The van der Waals surface area contributed by atoms with Crippen LogP contribution in [0.1, 0.15) is 18.9 Å². The largest absolute Gasteiger partial charge is 0.261 e. The van der Waals surface area contributed by atoms with Crippen LogP contribution in [-0.2, 0) is 9.05 Å². The van der Waals surface area contributed by atoms with Gasteiger partial charge in [-0.2, -0.15) is 5.10 Å². The van der Waals surface area contributed by atoms with Crippen molar-refractivity contribution in [3.05, 3.63) is 17.8 Å². The molecule has 0 unspecified atom stereocenters. The van der Waals surface area contributed by atoms with Crippen molar-refractivity contribution >= 4 is 71.1 Å². The molecule has 0 saturated carbocycles. The van der Waals surface area contributed by atoms with Crippen LogP contribution < -0.4 is 21.4 Å². The fourth-order valence-corrected chi connectivity index (χ4v) is 3.60. The Bertz CT molecular complexity index is 775.